The number of alkyl halides is 3. The van der Waals surface area contributed by atoms with Gasteiger partial charge in [0.1, 0.15) is 11.6 Å². The minimum atomic E-state index is -5.08. The Labute approximate surface area is 204 Å². The van der Waals surface area contributed by atoms with Crippen molar-refractivity contribution in [1.82, 2.24) is 14.8 Å². The Kier molecular flexibility index (Phi) is 9.05. The molecular weight excluding hydrogens is 534 g/mol. The van der Waals surface area contributed by atoms with E-state index in [1.54, 1.807) is 0 Å². The highest BCUT2D eigenvalue weighted by molar-refractivity contribution is 7.90. The molecule has 0 aliphatic rings. The molecule has 0 spiro atoms. The molecule has 0 atom stereocenters. The smallest absolute Gasteiger partial charge is 0.475 e. The van der Waals surface area contributed by atoms with Gasteiger partial charge >= 0.3 is 17.8 Å². The maximum atomic E-state index is 14.8. The van der Waals surface area contributed by atoms with E-state index < -0.39 is 51.7 Å². The first kappa shape index (κ1) is 29.3. The number of hydrogen-bond donors (Lipinski definition) is 3. The number of carbonyl (C=O) groups is 1. The van der Waals surface area contributed by atoms with Crippen molar-refractivity contribution < 1.29 is 44.7 Å². The third kappa shape index (κ3) is 7.53. The monoisotopic (exact) mass is 552 g/mol. The Morgan fingerprint density at radius 3 is 2.14 bits per heavy atom. The van der Waals surface area contributed by atoms with Gasteiger partial charge in [0.15, 0.2) is 9.84 Å². The molecule has 0 aliphatic carbocycles. The molecule has 0 fully saturated rings. The van der Waals surface area contributed by atoms with Gasteiger partial charge in [-0.25, -0.2) is 32.1 Å². The van der Waals surface area contributed by atoms with Crippen molar-refractivity contribution in [3.8, 4) is 16.8 Å². The predicted molar refractivity (Wildman–Crippen MR) is 118 cm³/mol. The largest absolute Gasteiger partial charge is 0.490 e. The molecule has 0 radical (unpaired) electrons. The number of nitrogens with two attached hydrogens (primary N) is 1. The number of aromatic nitrogens is 3. The standard InChI is InChI=1S/C19H17F3N4O3S.C2HF3O2/c1-30(28,29)14-5-2-11(3-6-14)15-7-4-13(9-16(15)20)26-17(24-25-19(26)27)8-12(10-23)18(21)22;3-2(4,5)1(6)7/h2-7,9H,8,10,23H2,1H3,(H,25,27);(H,6,7). The molecule has 0 aliphatic heterocycles. The maximum Gasteiger partial charge on any atom is 0.490 e. The lowest BCUT2D eigenvalue weighted by atomic mass is 10.0. The number of carboxylic acid groups (broad SMARTS) is 1. The maximum absolute atomic E-state index is 14.8. The highest BCUT2D eigenvalue weighted by Gasteiger charge is 2.38. The molecule has 37 heavy (non-hydrogen) atoms. The molecule has 4 N–H and O–H groups in total. The first-order valence-electron chi connectivity index (χ1n) is 9.86. The second-order valence-electron chi connectivity index (χ2n) is 7.29. The molecule has 16 heteroatoms. The summed E-state index contributed by atoms with van der Waals surface area (Å²) in [4.78, 5) is 21.1. The Bertz CT molecular complexity index is 1470. The Balaban J connectivity index is 0.000000604. The second-order valence-corrected chi connectivity index (χ2v) is 9.30. The van der Waals surface area contributed by atoms with Gasteiger partial charge in [-0.3, -0.25) is 0 Å². The van der Waals surface area contributed by atoms with Crippen LogP contribution < -0.4 is 11.4 Å². The molecule has 3 rings (SSSR count). The Morgan fingerprint density at radius 1 is 1.14 bits per heavy atom. The fraction of sp³-hybridized carbons (Fsp3) is 0.190. The normalized spacial score (nSPS) is 11.5. The van der Waals surface area contributed by atoms with E-state index in [1.807, 2.05) is 0 Å². The van der Waals surface area contributed by atoms with Crippen molar-refractivity contribution >= 4 is 15.8 Å². The molecule has 1 aromatic heterocycles. The van der Waals surface area contributed by atoms with Gasteiger partial charge in [0.25, 0.3) is 6.08 Å². The lowest BCUT2D eigenvalue weighted by Gasteiger charge is -2.10. The van der Waals surface area contributed by atoms with Crippen LogP contribution in [0.15, 0.2) is 63.8 Å². The van der Waals surface area contributed by atoms with E-state index in [0.29, 0.717) is 5.56 Å². The summed E-state index contributed by atoms with van der Waals surface area (Å²) in [6.07, 6.45) is -6.36. The average Bonchev–Trinajstić information content (AvgIpc) is 3.16. The summed E-state index contributed by atoms with van der Waals surface area (Å²) in [5, 5.41) is 13.0. The van der Waals surface area contributed by atoms with E-state index >= 15 is 0 Å². The lowest BCUT2D eigenvalue weighted by molar-refractivity contribution is -0.192. The number of sulfone groups is 1. The summed E-state index contributed by atoms with van der Waals surface area (Å²) in [7, 11) is -3.38. The number of carboxylic acids is 1. The van der Waals surface area contributed by atoms with Crippen molar-refractivity contribution in [2.24, 2.45) is 5.73 Å². The van der Waals surface area contributed by atoms with E-state index in [1.165, 1.54) is 36.4 Å². The Morgan fingerprint density at radius 2 is 1.70 bits per heavy atom. The van der Waals surface area contributed by atoms with Crippen LogP contribution in [0.4, 0.5) is 26.3 Å². The van der Waals surface area contributed by atoms with E-state index in [-0.39, 0.29) is 28.4 Å². The zero-order valence-corrected chi connectivity index (χ0v) is 19.5. The van der Waals surface area contributed by atoms with Crippen molar-refractivity contribution in [3.05, 3.63) is 76.2 Å². The number of hydrogen-bond acceptors (Lipinski definition) is 6. The molecule has 0 unspecified atom stereocenters. The van der Waals surface area contributed by atoms with Crippen LogP contribution in [-0.4, -0.2) is 53.2 Å². The number of nitrogens with zero attached hydrogens (tertiary/aromatic N) is 2. The Hall–Kier alpha value is -3.92. The minimum Gasteiger partial charge on any atom is -0.475 e. The molecule has 2 aromatic carbocycles. The molecule has 0 saturated carbocycles. The summed E-state index contributed by atoms with van der Waals surface area (Å²) >= 11 is 0. The third-order valence-corrected chi connectivity index (χ3v) is 5.80. The molecule has 0 amide bonds. The molecule has 9 nitrogen and oxygen atoms in total. The van der Waals surface area contributed by atoms with Gasteiger partial charge in [-0.2, -0.15) is 27.1 Å². The highest BCUT2D eigenvalue weighted by Crippen LogP contribution is 2.26. The fourth-order valence-electron chi connectivity index (χ4n) is 2.88. The van der Waals surface area contributed by atoms with Gasteiger partial charge in [0.2, 0.25) is 0 Å². The van der Waals surface area contributed by atoms with E-state index in [0.717, 1.165) is 16.9 Å². The van der Waals surface area contributed by atoms with Crippen LogP contribution in [-0.2, 0) is 21.1 Å². The number of rotatable bonds is 6. The highest BCUT2D eigenvalue weighted by atomic mass is 32.2. The van der Waals surface area contributed by atoms with E-state index in [2.05, 4.69) is 10.2 Å². The van der Waals surface area contributed by atoms with Crippen LogP contribution in [0.5, 0.6) is 0 Å². The first-order chi connectivity index (χ1) is 17.1. The molecule has 0 bridgehead atoms. The summed E-state index contributed by atoms with van der Waals surface area (Å²) in [6, 6.07) is 9.56. The van der Waals surface area contributed by atoms with Crippen LogP contribution in [0.3, 0.4) is 0 Å². The van der Waals surface area contributed by atoms with Gasteiger partial charge in [-0.15, -0.1) is 0 Å². The zero-order valence-electron chi connectivity index (χ0n) is 18.7. The second kappa shape index (κ2) is 11.4. The van der Waals surface area contributed by atoms with Gasteiger partial charge in [-0.05, 0) is 35.9 Å². The zero-order chi connectivity index (χ0) is 28.1. The van der Waals surface area contributed by atoms with Crippen LogP contribution in [0, 0.1) is 5.82 Å². The minimum absolute atomic E-state index is 0.0436. The summed E-state index contributed by atoms with van der Waals surface area (Å²) in [6.45, 7) is -0.417. The number of nitrogens with one attached hydrogen (secondary N) is 1. The van der Waals surface area contributed by atoms with Crippen LogP contribution in [0.2, 0.25) is 0 Å². The van der Waals surface area contributed by atoms with E-state index in [9.17, 15) is 39.6 Å². The first-order valence-corrected chi connectivity index (χ1v) is 11.7. The van der Waals surface area contributed by atoms with Crippen LogP contribution >= 0.6 is 0 Å². The SMILES string of the molecule is CS(=O)(=O)c1ccc(-c2ccc(-n3c(CC(CN)=C(F)F)n[nH]c3=O)cc2F)cc1.O=C(O)C(F)(F)F. The molecule has 1 heterocycles. The lowest BCUT2D eigenvalue weighted by Crippen LogP contribution is -2.21. The van der Waals surface area contributed by atoms with Crippen LogP contribution in [0.25, 0.3) is 16.8 Å². The summed E-state index contributed by atoms with van der Waals surface area (Å²) in [5.74, 6) is -3.49. The predicted octanol–water partition coefficient (Wildman–Crippen LogP) is 3.06. The topological polar surface area (TPSA) is 148 Å². The van der Waals surface area contributed by atoms with Crippen molar-refractivity contribution in [2.45, 2.75) is 17.5 Å². The number of H-pyrrole nitrogens is 1. The van der Waals surface area contributed by atoms with Crippen molar-refractivity contribution in [3.63, 3.8) is 0 Å². The van der Waals surface area contributed by atoms with Crippen LogP contribution in [0.1, 0.15) is 5.82 Å². The van der Waals surface area contributed by atoms with Gasteiger partial charge in [-0.1, -0.05) is 12.1 Å². The fourth-order valence-corrected chi connectivity index (χ4v) is 3.51. The average molecular weight is 552 g/mol. The molecule has 0 saturated heterocycles. The quantitative estimate of drug-likeness (QED) is 0.398. The number of benzene rings is 2. The van der Waals surface area contributed by atoms with Gasteiger partial charge in [0.05, 0.1) is 10.6 Å². The number of aromatic amines is 1. The van der Waals surface area contributed by atoms with Gasteiger partial charge in [0, 0.05) is 30.4 Å². The summed E-state index contributed by atoms with van der Waals surface area (Å²) in [5.41, 5.74) is 4.89. The molecule has 3 aromatic rings. The molecular formula is C21H18F6N4O5S. The number of halogens is 6. The van der Waals surface area contributed by atoms with E-state index in [4.69, 9.17) is 15.6 Å². The van der Waals surface area contributed by atoms with Gasteiger partial charge < -0.3 is 10.8 Å². The van der Waals surface area contributed by atoms with Crippen molar-refractivity contribution in [1.29, 1.82) is 0 Å². The third-order valence-electron chi connectivity index (χ3n) is 4.67. The van der Waals surface area contributed by atoms with Crippen molar-refractivity contribution in [2.75, 3.05) is 12.8 Å². The summed E-state index contributed by atoms with van der Waals surface area (Å²) < 4.78 is 96.4. The number of aliphatic carboxylic acids is 1. The molecule has 200 valence electrons.